The molecule has 0 aliphatic rings. The van der Waals surface area contributed by atoms with Gasteiger partial charge < -0.3 is 5.32 Å². The molecule has 1 unspecified atom stereocenters. The van der Waals surface area contributed by atoms with Crippen molar-refractivity contribution in [2.24, 2.45) is 0 Å². The van der Waals surface area contributed by atoms with Crippen LogP contribution in [0.15, 0.2) is 45.3 Å². The summed E-state index contributed by atoms with van der Waals surface area (Å²) in [6.45, 7) is 2.71. The Balaban J connectivity index is 2.54. The van der Waals surface area contributed by atoms with Crippen molar-refractivity contribution in [3.63, 3.8) is 0 Å². The maximum atomic E-state index is 14.3. The predicted octanol–water partition coefficient (Wildman–Crippen LogP) is 5.70. The van der Waals surface area contributed by atoms with Crippen molar-refractivity contribution in [3.8, 4) is 0 Å². The second-order valence-corrected chi connectivity index (χ2v) is 6.42. The number of rotatable bonds is 4. The maximum absolute atomic E-state index is 14.3. The number of halogens is 4. The molecule has 1 N–H and O–H groups in total. The van der Waals surface area contributed by atoms with Gasteiger partial charge in [-0.3, -0.25) is 0 Å². The average Bonchev–Trinajstić information content (AvgIpc) is 2.42. The number of hydrogen-bond donors (Lipinski definition) is 1. The van der Waals surface area contributed by atoms with Crippen molar-refractivity contribution in [3.05, 3.63) is 67.3 Å². The molecule has 0 fully saturated rings. The molecule has 0 aliphatic heterocycles. The van der Waals surface area contributed by atoms with E-state index in [4.69, 9.17) is 11.6 Å². The lowest BCUT2D eigenvalue weighted by Gasteiger charge is -2.21. The zero-order valence-corrected chi connectivity index (χ0v) is 14.7. The van der Waals surface area contributed by atoms with Gasteiger partial charge in [0.1, 0.15) is 5.82 Å². The van der Waals surface area contributed by atoms with Crippen LogP contribution in [0.25, 0.3) is 0 Å². The fourth-order valence-electron chi connectivity index (χ4n) is 2.06. The Hall–Kier alpha value is -0.420. The van der Waals surface area contributed by atoms with Gasteiger partial charge in [0.15, 0.2) is 0 Å². The highest BCUT2D eigenvalue weighted by molar-refractivity contribution is 9.10. The molecule has 0 bridgehead atoms. The van der Waals surface area contributed by atoms with E-state index in [2.05, 4.69) is 37.2 Å². The number of benzene rings is 2. The van der Waals surface area contributed by atoms with Crippen LogP contribution in [0, 0.1) is 5.82 Å². The van der Waals surface area contributed by atoms with Crippen molar-refractivity contribution < 1.29 is 4.39 Å². The summed E-state index contributed by atoms with van der Waals surface area (Å²) in [6.07, 6.45) is 0. The minimum atomic E-state index is -0.289. The third-order valence-corrected chi connectivity index (χ3v) is 4.89. The molecule has 2 rings (SSSR count). The van der Waals surface area contributed by atoms with E-state index in [0.29, 0.717) is 15.1 Å². The van der Waals surface area contributed by atoms with Crippen molar-refractivity contribution in [1.82, 2.24) is 5.32 Å². The second kappa shape index (κ2) is 7.03. The van der Waals surface area contributed by atoms with Gasteiger partial charge in [-0.1, -0.05) is 52.7 Å². The molecule has 2 aromatic rings. The summed E-state index contributed by atoms with van der Waals surface area (Å²) in [5, 5.41) is 3.80. The number of nitrogens with one attached hydrogen (secondary N) is 1. The van der Waals surface area contributed by atoms with Crippen LogP contribution in [0.4, 0.5) is 4.39 Å². The van der Waals surface area contributed by atoms with Gasteiger partial charge in [-0.05, 0) is 46.2 Å². The Morgan fingerprint density at radius 3 is 2.50 bits per heavy atom. The Morgan fingerprint density at radius 2 is 1.85 bits per heavy atom. The molecular formula is C15H13Br2ClFN. The molecule has 1 atom stereocenters. The summed E-state index contributed by atoms with van der Waals surface area (Å²) >= 11 is 12.9. The summed E-state index contributed by atoms with van der Waals surface area (Å²) in [5.41, 5.74) is 1.51. The fourth-order valence-corrected chi connectivity index (χ4v) is 3.06. The number of hydrogen-bond acceptors (Lipinski definition) is 1. The average molecular weight is 422 g/mol. The van der Waals surface area contributed by atoms with Gasteiger partial charge in [0.05, 0.1) is 11.1 Å². The Labute approximate surface area is 139 Å². The molecule has 20 heavy (non-hydrogen) atoms. The van der Waals surface area contributed by atoms with Crippen LogP contribution >= 0.6 is 43.5 Å². The molecule has 0 aliphatic carbocycles. The molecule has 0 radical (unpaired) electrons. The van der Waals surface area contributed by atoms with E-state index in [1.807, 2.05) is 31.2 Å². The van der Waals surface area contributed by atoms with E-state index < -0.39 is 0 Å². The Morgan fingerprint density at radius 1 is 1.15 bits per heavy atom. The highest BCUT2D eigenvalue weighted by Crippen LogP contribution is 2.34. The Kier molecular flexibility index (Phi) is 5.61. The zero-order chi connectivity index (χ0) is 14.7. The molecule has 0 aromatic heterocycles. The highest BCUT2D eigenvalue weighted by atomic mass is 79.9. The minimum Gasteiger partial charge on any atom is -0.306 e. The van der Waals surface area contributed by atoms with Crippen molar-refractivity contribution >= 4 is 43.5 Å². The maximum Gasteiger partial charge on any atom is 0.129 e. The van der Waals surface area contributed by atoms with Crippen LogP contribution < -0.4 is 5.32 Å². The largest absolute Gasteiger partial charge is 0.306 e. The molecular weight excluding hydrogens is 408 g/mol. The quantitative estimate of drug-likeness (QED) is 0.624. The lowest BCUT2D eigenvalue weighted by atomic mass is 9.98. The molecule has 1 nitrogen and oxygen atoms in total. The molecule has 2 aromatic carbocycles. The van der Waals surface area contributed by atoms with Gasteiger partial charge in [0, 0.05) is 14.5 Å². The summed E-state index contributed by atoms with van der Waals surface area (Å²) in [7, 11) is 0. The van der Waals surface area contributed by atoms with Gasteiger partial charge in [-0.25, -0.2) is 4.39 Å². The van der Waals surface area contributed by atoms with Crippen molar-refractivity contribution in [2.75, 3.05) is 6.54 Å². The summed E-state index contributed by atoms with van der Waals surface area (Å²) in [6, 6.07) is 10.6. The normalized spacial score (nSPS) is 12.4. The van der Waals surface area contributed by atoms with E-state index in [-0.39, 0.29) is 11.9 Å². The molecule has 0 saturated carbocycles. The first-order valence-corrected chi connectivity index (χ1v) is 8.13. The Bertz CT molecular complexity index is 619. The van der Waals surface area contributed by atoms with Crippen molar-refractivity contribution in [1.29, 1.82) is 0 Å². The van der Waals surface area contributed by atoms with E-state index >= 15 is 0 Å². The molecule has 0 amide bonds. The molecule has 106 valence electrons. The van der Waals surface area contributed by atoms with Gasteiger partial charge in [0.2, 0.25) is 0 Å². The van der Waals surface area contributed by atoms with Crippen LogP contribution in [-0.4, -0.2) is 6.54 Å². The zero-order valence-electron chi connectivity index (χ0n) is 10.8. The molecule has 5 heteroatoms. The van der Waals surface area contributed by atoms with Crippen LogP contribution in [-0.2, 0) is 0 Å². The van der Waals surface area contributed by atoms with Crippen LogP contribution in [0.1, 0.15) is 24.1 Å². The van der Waals surface area contributed by atoms with Crippen molar-refractivity contribution in [2.45, 2.75) is 13.0 Å². The van der Waals surface area contributed by atoms with E-state index in [1.54, 1.807) is 6.07 Å². The topological polar surface area (TPSA) is 12.0 Å². The van der Waals surface area contributed by atoms with Crippen LogP contribution in [0.5, 0.6) is 0 Å². The summed E-state index contributed by atoms with van der Waals surface area (Å²) < 4.78 is 15.8. The predicted molar refractivity (Wildman–Crippen MR) is 88.8 cm³/mol. The molecule has 0 heterocycles. The van der Waals surface area contributed by atoms with Gasteiger partial charge in [0.25, 0.3) is 0 Å². The lowest BCUT2D eigenvalue weighted by Crippen LogP contribution is -2.23. The smallest absolute Gasteiger partial charge is 0.129 e. The first kappa shape index (κ1) is 16.0. The third-order valence-electron chi connectivity index (χ3n) is 2.98. The van der Waals surface area contributed by atoms with E-state index in [9.17, 15) is 4.39 Å². The van der Waals surface area contributed by atoms with Crippen LogP contribution in [0.3, 0.4) is 0 Å². The summed E-state index contributed by atoms with van der Waals surface area (Å²) in [5.74, 6) is -0.289. The SMILES string of the molecule is CCNC(c1cc(Cl)c(Br)cc1F)c1ccccc1Br. The van der Waals surface area contributed by atoms with Gasteiger partial charge in [-0.15, -0.1) is 0 Å². The van der Waals surface area contributed by atoms with E-state index in [1.165, 1.54) is 6.07 Å². The first-order valence-electron chi connectivity index (χ1n) is 6.16. The standard InChI is InChI=1S/C15H13Br2ClFN/c1-2-20-15(9-5-3-4-6-11(9)16)10-7-13(18)12(17)8-14(10)19/h3-8,15,20H,2H2,1H3. The monoisotopic (exact) mass is 419 g/mol. The van der Waals surface area contributed by atoms with E-state index in [0.717, 1.165) is 16.6 Å². The second-order valence-electron chi connectivity index (χ2n) is 4.30. The lowest BCUT2D eigenvalue weighted by molar-refractivity contribution is 0.557. The van der Waals surface area contributed by atoms with Gasteiger partial charge in [-0.2, -0.15) is 0 Å². The molecule has 0 saturated heterocycles. The van der Waals surface area contributed by atoms with Crippen LogP contribution in [0.2, 0.25) is 5.02 Å². The molecule has 0 spiro atoms. The summed E-state index contributed by atoms with van der Waals surface area (Å²) in [4.78, 5) is 0. The first-order chi connectivity index (χ1) is 9.54. The fraction of sp³-hybridized carbons (Fsp3) is 0.200. The van der Waals surface area contributed by atoms with Gasteiger partial charge >= 0.3 is 0 Å². The third kappa shape index (κ3) is 3.42. The minimum absolute atomic E-state index is 0.249. The highest BCUT2D eigenvalue weighted by Gasteiger charge is 2.20.